The predicted molar refractivity (Wildman–Crippen MR) is 87.3 cm³/mol. The Bertz CT molecular complexity index is 448. The number of piperidine rings is 1. The van der Waals surface area contributed by atoms with E-state index in [1.165, 1.54) is 6.42 Å². The zero-order valence-electron chi connectivity index (χ0n) is 13.5. The summed E-state index contributed by atoms with van der Waals surface area (Å²) in [5, 5.41) is 3.31. The fraction of sp³-hybridized carbons (Fsp3) is 0.647. The molecule has 0 spiro atoms. The monoisotopic (exact) mass is 293 g/mol. The van der Waals surface area contributed by atoms with Crippen LogP contribution in [0, 0.1) is 5.82 Å². The van der Waals surface area contributed by atoms with Gasteiger partial charge in [0.1, 0.15) is 5.82 Å². The number of hydrogen-bond donors (Lipinski definition) is 1. The Labute approximate surface area is 128 Å². The van der Waals surface area contributed by atoms with Crippen molar-refractivity contribution >= 4 is 5.69 Å². The van der Waals surface area contributed by atoms with E-state index in [1.807, 2.05) is 12.1 Å². The van der Waals surface area contributed by atoms with Gasteiger partial charge < -0.3 is 15.1 Å². The molecule has 4 heteroatoms. The molecule has 0 bridgehead atoms. The van der Waals surface area contributed by atoms with E-state index in [0.29, 0.717) is 6.04 Å². The normalized spacial score (nSPS) is 19.3. The molecule has 1 aromatic rings. The summed E-state index contributed by atoms with van der Waals surface area (Å²) < 4.78 is 14.4. The number of nitrogens with zero attached hydrogens (tertiary/aromatic N) is 2. The molecule has 1 N–H and O–H groups in total. The van der Waals surface area contributed by atoms with Gasteiger partial charge in [-0.05, 0) is 57.6 Å². The molecule has 1 aliphatic rings. The van der Waals surface area contributed by atoms with Gasteiger partial charge in [0.15, 0.2) is 0 Å². The summed E-state index contributed by atoms with van der Waals surface area (Å²) in [6.45, 7) is 5.71. The molecular formula is C17H28FN3. The molecule has 2 rings (SSSR count). The number of nitrogens with one attached hydrogen (secondary N) is 1. The Morgan fingerprint density at radius 1 is 1.38 bits per heavy atom. The van der Waals surface area contributed by atoms with Crippen LogP contribution in [0.2, 0.25) is 0 Å². The van der Waals surface area contributed by atoms with Crippen LogP contribution in [0.4, 0.5) is 10.1 Å². The van der Waals surface area contributed by atoms with Crippen LogP contribution in [-0.2, 0) is 6.54 Å². The highest BCUT2D eigenvalue weighted by atomic mass is 19.1. The van der Waals surface area contributed by atoms with E-state index in [2.05, 4.69) is 36.1 Å². The molecule has 118 valence electrons. The smallest absolute Gasteiger partial charge is 0.146 e. The number of benzene rings is 1. The predicted octanol–water partition coefficient (Wildman–Crippen LogP) is 2.86. The minimum atomic E-state index is -0.0924. The lowest BCUT2D eigenvalue weighted by atomic mass is 10.0. The average Bonchev–Trinajstić information content (AvgIpc) is 2.48. The highest BCUT2D eigenvalue weighted by Gasteiger charge is 2.23. The van der Waals surface area contributed by atoms with Gasteiger partial charge in [0, 0.05) is 25.7 Å². The fourth-order valence-electron chi connectivity index (χ4n) is 2.92. The zero-order chi connectivity index (χ0) is 15.2. The van der Waals surface area contributed by atoms with Crippen molar-refractivity contribution in [3.63, 3.8) is 0 Å². The van der Waals surface area contributed by atoms with Gasteiger partial charge in [-0.3, -0.25) is 0 Å². The minimum Gasteiger partial charge on any atom is -0.368 e. The lowest BCUT2D eigenvalue weighted by Gasteiger charge is -2.37. The Morgan fingerprint density at radius 2 is 2.19 bits per heavy atom. The molecule has 1 atom stereocenters. The van der Waals surface area contributed by atoms with Crippen LogP contribution >= 0.6 is 0 Å². The Morgan fingerprint density at radius 3 is 2.86 bits per heavy atom. The topological polar surface area (TPSA) is 18.5 Å². The van der Waals surface area contributed by atoms with Crippen LogP contribution in [-0.4, -0.2) is 44.7 Å². The summed E-state index contributed by atoms with van der Waals surface area (Å²) in [7, 11) is 4.21. The third-order valence-electron chi connectivity index (χ3n) is 4.24. The van der Waals surface area contributed by atoms with Crippen LogP contribution in [0.3, 0.4) is 0 Å². The standard InChI is InChI=1S/C17H28FN3/c1-4-9-19-12-14-7-8-17(16(18)11-14)21-10-5-6-15(13-21)20(2)3/h7-8,11,15,19H,4-6,9-10,12-13H2,1-3H3. The van der Waals surface area contributed by atoms with Gasteiger partial charge in [-0.2, -0.15) is 0 Å². The lowest BCUT2D eigenvalue weighted by Crippen LogP contribution is -2.45. The molecule has 0 saturated carbocycles. The van der Waals surface area contributed by atoms with Crippen LogP contribution in [0.5, 0.6) is 0 Å². The molecular weight excluding hydrogens is 265 g/mol. The van der Waals surface area contributed by atoms with Gasteiger partial charge in [0.2, 0.25) is 0 Å². The van der Waals surface area contributed by atoms with E-state index in [9.17, 15) is 4.39 Å². The summed E-state index contributed by atoms with van der Waals surface area (Å²) in [6, 6.07) is 6.18. The van der Waals surface area contributed by atoms with Crippen LogP contribution < -0.4 is 10.2 Å². The number of likely N-dealkylation sites (N-methyl/N-ethyl adjacent to an activating group) is 1. The number of halogens is 1. The van der Waals surface area contributed by atoms with Gasteiger partial charge in [-0.15, -0.1) is 0 Å². The summed E-state index contributed by atoms with van der Waals surface area (Å²) in [4.78, 5) is 4.43. The molecule has 0 aromatic heterocycles. The van der Waals surface area contributed by atoms with Crippen molar-refractivity contribution < 1.29 is 4.39 Å². The third kappa shape index (κ3) is 4.42. The molecule has 1 fully saturated rings. The highest BCUT2D eigenvalue weighted by molar-refractivity contribution is 5.49. The van der Waals surface area contributed by atoms with Crippen LogP contribution in [0.15, 0.2) is 18.2 Å². The maximum absolute atomic E-state index is 14.4. The first-order chi connectivity index (χ1) is 10.1. The SMILES string of the molecule is CCCNCc1ccc(N2CCCC(N(C)C)C2)c(F)c1. The van der Waals surface area contributed by atoms with E-state index in [4.69, 9.17) is 0 Å². The Balaban J connectivity index is 2.02. The van der Waals surface area contributed by atoms with Crippen molar-refractivity contribution in [1.82, 2.24) is 10.2 Å². The van der Waals surface area contributed by atoms with Crippen molar-refractivity contribution in [2.75, 3.05) is 38.6 Å². The van der Waals surface area contributed by atoms with E-state index < -0.39 is 0 Å². The first-order valence-corrected chi connectivity index (χ1v) is 8.02. The summed E-state index contributed by atoms with van der Waals surface area (Å²) in [5.41, 5.74) is 1.77. The van der Waals surface area contributed by atoms with Crippen molar-refractivity contribution in [2.45, 2.75) is 38.8 Å². The average molecular weight is 293 g/mol. The summed E-state index contributed by atoms with van der Waals surface area (Å²) >= 11 is 0. The van der Waals surface area contributed by atoms with E-state index >= 15 is 0 Å². The lowest BCUT2D eigenvalue weighted by molar-refractivity contribution is 0.257. The second-order valence-electron chi connectivity index (χ2n) is 6.17. The fourth-order valence-corrected chi connectivity index (χ4v) is 2.92. The van der Waals surface area contributed by atoms with Crippen molar-refractivity contribution in [3.8, 4) is 0 Å². The van der Waals surface area contributed by atoms with E-state index in [0.717, 1.165) is 50.3 Å². The maximum atomic E-state index is 14.4. The number of rotatable bonds is 6. The van der Waals surface area contributed by atoms with Gasteiger partial charge in [-0.25, -0.2) is 4.39 Å². The molecule has 0 radical (unpaired) electrons. The molecule has 3 nitrogen and oxygen atoms in total. The van der Waals surface area contributed by atoms with Crippen molar-refractivity contribution in [1.29, 1.82) is 0 Å². The summed E-state index contributed by atoms with van der Waals surface area (Å²) in [6.07, 6.45) is 3.42. The van der Waals surface area contributed by atoms with Gasteiger partial charge in [-0.1, -0.05) is 13.0 Å². The number of anilines is 1. The van der Waals surface area contributed by atoms with Gasteiger partial charge >= 0.3 is 0 Å². The van der Waals surface area contributed by atoms with Crippen molar-refractivity contribution in [3.05, 3.63) is 29.6 Å². The van der Waals surface area contributed by atoms with E-state index in [-0.39, 0.29) is 5.82 Å². The van der Waals surface area contributed by atoms with Gasteiger partial charge in [0.05, 0.1) is 5.69 Å². The van der Waals surface area contributed by atoms with Crippen molar-refractivity contribution in [2.24, 2.45) is 0 Å². The third-order valence-corrected chi connectivity index (χ3v) is 4.24. The first-order valence-electron chi connectivity index (χ1n) is 8.02. The highest BCUT2D eigenvalue weighted by Crippen LogP contribution is 2.25. The zero-order valence-corrected chi connectivity index (χ0v) is 13.5. The molecule has 0 amide bonds. The molecule has 1 saturated heterocycles. The van der Waals surface area contributed by atoms with Gasteiger partial charge in [0.25, 0.3) is 0 Å². The summed E-state index contributed by atoms with van der Waals surface area (Å²) in [5.74, 6) is -0.0924. The molecule has 1 unspecified atom stereocenters. The first kappa shape index (κ1) is 16.2. The minimum absolute atomic E-state index is 0.0924. The second kappa shape index (κ2) is 7.76. The van der Waals surface area contributed by atoms with Crippen LogP contribution in [0.25, 0.3) is 0 Å². The molecule has 1 aliphatic heterocycles. The number of hydrogen-bond acceptors (Lipinski definition) is 3. The Hall–Kier alpha value is -1.13. The quantitative estimate of drug-likeness (QED) is 0.814. The molecule has 0 aliphatic carbocycles. The second-order valence-corrected chi connectivity index (χ2v) is 6.17. The van der Waals surface area contributed by atoms with Crippen LogP contribution in [0.1, 0.15) is 31.7 Å². The molecule has 21 heavy (non-hydrogen) atoms. The molecule has 1 heterocycles. The molecule has 1 aromatic carbocycles. The maximum Gasteiger partial charge on any atom is 0.146 e. The Kier molecular flexibility index (Phi) is 6.00. The largest absolute Gasteiger partial charge is 0.368 e. The van der Waals surface area contributed by atoms with E-state index in [1.54, 1.807) is 6.07 Å².